The Balaban J connectivity index is 2.99. The van der Waals surface area contributed by atoms with E-state index in [2.05, 4.69) is 5.32 Å². The van der Waals surface area contributed by atoms with Crippen LogP contribution in [0.3, 0.4) is 0 Å². The topological polar surface area (TPSA) is 64.6 Å². The van der Waals surface area contributed by atoms with Gasteiger partial charge in [-0.1, -0.05) is 0 Å². The molecule has 0 aliphatic rings. The minimum absolute atomic E-state index is 0.0148. The smallest absolute Gasteiger partial charge is 0.408 e. The van der Waals surface area contributed by atoms with E-state index in [-0.39, 0.29) is 6.42 Å². The van der Waals surface area contributed by atoms with Gasteiger partial charge < -0.3 is 19.6 Å². The SMILES string of the molecule is COc1ccc(F)cc1[C@@H](CC=O)NC(=O)OC(C)(C)C. The van der Waals surface area contributed by atoms with Gasteiger partial charge in [0.1, 0.15) is 23.5 Å². The second kappa shape index (κ2) is 7.06. The van der Waals surface area contributed by atoms with Crippen LogP contribution in [0.5, 0.6) is 5.75 Å². The van der Waals surface area contributed by atoms with Gasteiger partial charge in [-0.3, -0.25) is 0 Å². The minimum Gasteiger partial charge on any atom is -0.496 e. The predicted molar refractivity (Wildman–Crippen MR) is 75.7 cm³/mol. The first kappa shape index (κ1) is 16.9. The Morgan fingerprint density at radius 1 is 1.43 bits per heavy atom. The summed E-state index contributed by atoms with van der Waals surface area (Å²) in [6.07, 6.45) is -0.0495. The Morgan fingerprint density at radius 2 is 2.10 bits per heavy atom. The first-order valence-electron chi connectivity index (χ1n) is 6.53. The van der Waals surface area contributed by atoms with Crippen LogP contribution in [0, 0.1) is 5.82 Å². The number of nitrogens with one attached hydrogen (secondary N) is 1. The van der Waals surface area contributed by atoms with E-state index >= 15 is 0 Å². The van der Waals surface area contributed by atoms with Crippen LogP contribution in [0.15, 0.2) is 18.2 Å². The Hall–Kier alpha value is -2.11. The summed E-state index contributed by atoms with van der Waals surface area (Å²) in [7, 11) is 1.43. The van der Waals surface area contributed by atoms with Gasteiger partial charge in [-0.15, -0.1) is 0 Å². The molecular formula is C15H20FNO4. The summed E-state index contributed by atoms with van der Waals surface area (Å²) < 4.78 is 23.7. The highest BCUT2D eigenvalue weighted by Gasteiger charge is 2.22. The minimum atomic E-state index is -0.719. The van der Waals surface area contributed by atoms with E-state index in [1.54, 1.807) is 20.8 Å². The zero-order chi connectivity index (χ0) is 16.0. The van der Waals surface area contributed by atoms with Crippen molar-refractivity contribution in [3.8, 4) is 5.75 Å². The third kappa shape index (κ3) is 5.41. The molecule has 5 nitrogen and oxygen atoms in total. The highest BCUT2D eigenvalue weighted by Crippen LogP contribution is 2.28. The molecule has 0 unspecified atom stereocenters. The van der Waals surface area contributed by atoms with Gasteiger partial charge in [0.15, 0.2) is 0 Å². The fourth-order valence-corrected chi connectivity index (χ4v) is 1.79. The Morgan fingerprint density at radius 3 is 2.62 bits per heavy atom. The van der Waals surface area contributed by atoms with Crippen molar-refractivity contribution in [2.45, 2.75) is 38.8 Å². The molecule has 0 radical (unpaired) electrons. The summed E-state index contributed by atoms with van der Waals surface area (Å²) in [6.45, 7) is 5.18. The Bertz CT molecular complexity index is 511. The van der Waals surface area contributed by atoms with Crippen molar-refractivity contribution >= 4 is 12.4 Å². The van der Waals surface area contributed by atoms with Gasteiger partial charge in [0.25, 0.3) is 0 Å². The molecular weight excluding hydrogens is 277 g/mol. The average molecular weight is 297 g/mol. The molecule has 0 heterocycles. The molecule has 21 heavy (non-hydrogen) atoms. The molecule has 0 saturated heterocycles. The summed E-state index contributed by atoms with van der Waals surface area (Å²) >= 11 is 0. The molecule has 116 valence electrons. The summed E-state index contributed by atoms with van der Waals surface area (Å²) in [6, 6.07) is 3.19. The van der Waals surface area contributed by atoms with Crippen LogP contribution >= 0.6 is 0 Å². The normalized spacial score (nSPS) is 12.4. The molecule has 0 aliphatic carbocycles. The fraction of sp³-hybridized carbons (Fsp3) is 0.467. The molecule has 6 heteroatoms. The fourth-order valence-electron chi connectivity index (χ4n) is 1.79. The molecule has 1 rings (SSSR count). The van der Waals surface area contributed by atoms with E-state index in [4.69, 9.17) is 9.47 Å². The third-order valence-electron chi connectivity index (χ3n) is 2.59. The van der Waals surface area contributed by atoms with Gasteiger partial charge in [-0.25, -0.2) is 9.18 Å². The van der Waals surface area contributed by atoms with Crippen LogP contribution in [-0.2, 0) is 9.53 Å². The first-order chi connectivity index (χ1) is 9.76. The zero-order valence-corrected chi connectivity index (χ0v) is 12.6. The van der Waals surface area contributed by atoms with Crippen LogP contribution in [0.2, 0.25) is 0 Å². The van der Waals surface area contributed by atoms with Gasteiger partial charge in [-0.05, 0) is 39.0 Å². The number of hydrogen-bond donors (Lipinski definition) is 1. The van der Waals surface area contributed by atoms with Crippen molar-refractivity contribution in [1.29, 1.82) is 0 Å². The number of carbonyl (C=O) groups excluding carboxylic acids is 2. The lowest BCUT2D eigenvalue weighted by atomic mass is 10.0. The lowest BCUT2D eigenvalue weighted by Gasteiger charge is -2.24. The Kier molecular flexibility index (Phi) is 5.69. The molecule has 1 aromatic carbocycles. The van der Waals surface area contributed by atoms with E-state index in [9.17, 15) is 14.0 Å². The quantitative estimate of drug-likeness (QED) is 0.849. The highest BCUT2D eigenvalue weighted by molar-refractivity contribution is 5.69. The highest BCUT2D eigenvalue weighted by atomic mass is 19.1. The van der Waals surface area contributed by atoms with E-state index in [1.807, 2.05) is 0 Å². The van der Waals surface area contributed by atoms with Gasteiger partial charge in [0.2, 0.25) is 0 Å². The predicted octanol–water partition coefficient (Wildman–Crippen LogP) is 2.99. The van der Waals surface area contributed by atoms with Gasteiger partial charge in [-0.2, -0.15) is 0 Å². The number of rotatable bonds is 5. The van der Waals surface area contributed by atoms with E-state index in [0.717, 1.165) is 0 Å². The van der Waals surface area contributed by atoms with E-state index < -0.39 is 23.6 Å². The molecule has 0 aliphatic heterocycles. The van der Waals surface area contributed by atoms with Crippen LogP contribution in [-0.4, -0.2) is 25.1 Å². The lowest BCUT2D eigenvalue weighted by Crippen LogP contribution is -2.35. The number of ether oxygens (including phenoxy) is 2. The third-order valence-corrected chi connectivity index (χ3v) is 2.59. The van der Waals surface area contributed by atoms with Crippen LogP contribution in [0.1, 0.15) is 38.8 Å². The van der Waals surface area contributed by atoms with Gasteiger partial charge >= 0.3 is 6.09 Å². The van der Waals surface area contributed by atoms with Crippen LogP contribution < -0.4 is 10.1 Å². The lowest BCUT2D eigenvalue weighted by molar-refractivity contribution is -0.108. The van der Waals surface area contributed by atoms with E-state index in [1.165, 1.54) is 25.3 Å². The number of amides is 1. The maximum Gasteiger partial charge on any atom is 0.408 e. The number of carbonyl (C=O) groups is 2. The summed E-state index contributed by atoms with van der Waals surface area (Å²) in [5, 5.41) is 2.55. The number of halogens is 1. The van der Waals surface area contributed by atoms with Crippen LogP contribution in [0.4, 0.5) is 9.18 Å². The molecule has 0 fully saturated rings. The molecule has 0 spiro atoms. The average Bonchev–Trinajstić information content (AvgIpc) is 2.36. The van der Waals surface area contributed by atoms with Crippen LogP contribution in [0.25, 0.3) is 0 Å². The molecule has 0 bridgehead atoms. The number of benzene rings is 1. The molecule has 0 aromatic heterocycles. The van der Waals surface area contributed by atoms with Crippen molar-refractivity contribution in [3.05, 3.63) is 29.6 Å². The first-order valence-corrected chi connectivity index (χ1v) is 6.53. The largest absolute Gasteiger partial charge is 0.496 e. The Labute approximate surface area is 123 Å². The molecule has 1 aromatic rings. The standard InChI is InChI=1S/C15H20FNO4/c1-15(2,3)21-14(19)17-12(7-8-18)11-9-10(16)5-6-13(11)20-4/h5-6,8-9,12H,7H2,1-4H3,(H,17,19)/t12-/m1/s1. The summed E-state index contributed by atoms with van der Waals surface area (Å²) in [5.41, 5.74) is -0.280. The summed E-state index contributed by atoms with van der Waals surface area (Å²) in [4.78, 5) is 22.6. The monoisotopic (exact) mass is 297 g/mol. The van der Waals surface area contributed by atoms with Crippen molar-refractivity contribution in [3.63, 3.8) is 0 Å². The molecule has 1 N–H and O–H groups in total. The maximum atomic E-state index is 13.4. The second-order valence-electron chi connectivity index (χ2n) is 5.49. The molecule has 1 amide bonds. The second-order valence-corrected chi connectivity index (χ2v) is 5.49. The molecule has 0 saturated carbocycles. The van der Waals surface area contributed by atoms with Gasteiger partial charge in [0.05, 0.1) is 13.2 Å². The van der Waals surface area contributed by atoms with Crippen molar-refractivity contribution in [2.24, 2.45) is 0 Å². The number of aldehydes is 1. The molecule has 1 atom stereocenters. The summed E-state index contributed by atoms with van der Waals surface area (Å²) in [5.74, 6) is -0.0907. The number of hydrogen-bond acceptors (Lipinski definition) is 4. The zero-order valence-electron chi connectivity index (χ0n) is 12.6. The van der Waals surface area contributed by atoms with E-state index in [0.29, 0.717) is 17.6 Å². The number of methoxy groups -OCH3 is 1. The van der Waals surface area contributed by atoms with Crippen molar-refractivity contribution in [2.75, 3.05) is 7.11 Å². The number of alkyl carbamates (subject to hydrolysis) is 1. The van der Waals surface area contributed by atoms with Gasteiger partial charge in [0, 0.05) is 12.0 Å². The maximum absolute atomic E-state index is 13.4. The van der Waals surface area contributed by atoms with Crippen molar-refractivity contribution < 1.29 is 23.5 Å². The van der Waals surface area contributed by atoms with Crippen molar-refractivity contribution in [1.82, 2.24) is 5.32 Å².